The molecule has 3 rings (SSSR count). The van der Waals surface area contributed by atoms with E-state index in [0.29, 0.717) is 36.1 Å². The number of amides is 2. The van der Waals surface area contributed by atoms with Gasteiger partial charge in [0.25, 0.3) is 5.91 Å². The molecule has 0 aliphatic heterocycles. The zero-order valence-electron chi connectivity index (χ0n) is 18.5. The van der Waals surface area contributed by atoms with Crippen LogP contribution in [0.5, 0.6) is 5.75 Å². The third-order valence-electron chi connectivity index (χ3n) is 5.13. The van der Waals surface area contributed by atoms with Gasteiger partial charge < -0.3 is 9.72 Å². The molecule has 0 unspecified atom stereocenters. The molecule has 10 nitrogen and oxygen atoms in total. The molecule has 0 radical (unpaired) electrons. The molecule has 10 heteroatoms. The summed E-state index contributed by atoms with van der Waals surface area (Å²) in [6.45, 7) is 0. The fraction of sp³-hybridized carbons (Fsp3) is 0.208. The molecule has 2 amide bonds. The zero-order valence-corrected chi connectivity index (χ0v) is 18.5. The van der Waals surface area contributed by atoms with Crippen LogP contribution in [0.4, 0.5) is 5.69 Å². The van der Waals surface area contributed by atoms with Crippen molar-refractivity contribution in [2.45, 2.75) is 25.7 Å². The Morgan fingerprint density at radius 3 is 2.44 bits per heavy atom. The number of methoxy groups -OCH3 is 1. The quantitative estimate of drug-likeness (QED) is 0.132. The van der Waals surface area contributed by atoms with E-state index in [1.54, 1.807) is 60.1 Å². The number of hydrogen-bond acceptors (Lipinski definition) is 6. The average molecular weight is 464 g/mol. The second-order valence-electron chi connectivity index (χ2n) is 7.35. The lowest BCUT2D eigenvalue weighted by Crippen LogP contribution is -2.17. The Balaban J connectivity index is 1.97. The normalized spacial score (nSPS) is 10.9. The van der Waals surface area contributed by atoms with Crippen molar-refractivity contribution in [3.8, 4) is 28.1 Å². The SMILES string of the molecule is COc1ccc(-c2[nH]c(C(=O)N=CCCCCC(=O)NO)c(-c3ccccc3)c2[N+](=O)[O-])cc1. The Hall–Kier alpha value is -4.31. The van der Waals surface area contributed by atoms with E-state index in [4.69, 9.17) is 9.94 Å². The van der Waals surface area contributed by atoms with Crippen molar-refractivity contribution in [3.63, 3.8) is 0 Å². The maximum Gasteiger partial charge on any atom is 0.303 e. The first kappa shape index (κ1) is 24.3. The predicted octanol–water partition coefficient (Wildman–Crippen LogP) is 4.54. The first-order chi connectivity index (χ1) is 16.5. The van der Waals surface area contributed by atoms with E-state index in [2.05, 4.69) is 9.98 Å². The van der Waals surface area contributed by atoms with Crippen LogP contribution >= 0.6 is 0 Å². The average Bonchev–Trinajstić information content (AvgIpc) is 3.27. The van der Waals surface area contributed by atoms with E-state index in [0.717, 1.165) is 0 Å². The Labute approximate surface area is 195 Å². The van der Waals surface area contributed by atoms with Crippen LogP contribution < -0.4 is 10.2 Å². The highest BCUT2D eigenvalue weighted by Gasteiger charge is 2.31. The van der Waals surface area contributed by atoms with Gasteiger partial charge in [-0.3, -0.25) is 24.9 Å². The molecule has 0 bridgehead atoms. The highest BCUT2D eigenvalue weighted by Crippen LogP contribution is 2.42. The molecule has 1 aromatic heterocycles. The van der Waals surface area contributed by atoms with Crippen LogP contribution in [-0.2, 0) is 4.79 Å². The van der Waals surface area contributed by atoms with Gasteiger partial charge in [0.05, 0.1) is 17.6 Å². The number of unbranched alkanes of at least 4 members (excludes halogenated alkanes) is 2. The highest BCUT2D eigenvalue weighted by molar-refractivity contribution is 6.07. The van der Waals surface area contributed by atoms with E-state index in [9.17, 15) is 19.7 Å². The number of hydroxylamine groups is 1. The number of hydrogen-bond donors (Lipinski definition) is 3. The van der Waals surface area contributed by atoms with Crippen molar-refractivity contribution in [1.29, 1.82) is 0 Å². The molecular formula is C24H24N4O6. The summed E-state index contributed by atoms with van der Waals surface area (Å²) in [7, 11) is 1.52. The number of carbonyl (C=O) groups excluding carboxylic acids is 2. The number of rotatable bonds is 10. The molecule has 0 fully saturated rings. The monoisotopic (exact) mass is 464 g/mol. The molecular weight excluding hydrogens is 440 g/mol. The Bertz CT molecular complexity index is 1190. The summed E-state index contributed by atoms with van der Waals surface area (Å²) in [6, 6.07) is 15.3. The molecule has 0 saturated heterocycles. The fourth-order valence-electron chi connectivity index (χ4n) is 3.47. The summed E-state index contributed by atoms with van der Waals surface area (Å²) in [5.41, 5.74) is 2.75. The minimum absolute atomic E-state index is 0.0135. The number of H-pyrrole nitrogens is 1. The lowest BCUT2D eigenvalue weighted by atomic mass is 10.0. The van der Waals surface area contributed by atoms with Crippen molar-refractivity contribution in [2.24, 2.45) is 4.99 Å². The lowest BCUT2D eigenvalue weighted by molar-refractivity contribution is -0.383. The van der Waals surface area contributed by atoms with Gasteiger partial charge in [0.15, 0.2) is 0 Å². The summed E-state index contributed by atoms with van der Waals surface area (Å²) in [5, 5.41) is 20.6. The van der Waals surface area contributed by atoms with Crippen molar-refractivity contribution in [3.05, 3.63) is 70.4 Å². The summed E-state index contributed by atoms with van der Waals surface area (Å²) >= 11 is 0. The van der Waals surface area contributed by atoms with Crippen LogP contribution in [0.2, 0.25) is 0 Å². The summed E-state index contributed by atoms with van der Waals surface area (Å²) in [5.74, 6) is -0.529. The highest BCUT2D eigenvalue weighted by atomic mass is 16.6. The smallest absolute Gasteiger partial charge is 0.303 e. The fourth-order valence-corrected chi connectivity index (χ4v) is 3.47. The number of aliphatic imine (C=N–C) groups is 1. The summed E-state index contributed by atoms with van der Waals surface area (Å²) in [4.78, 5) is 42.5. The number of aromatic amines is 1. The molecule has 0 atom stereocenters. The van der Waals surface area contributed by atoms with Gasteiger partial charge in [-0.25, -0.2) is 10.5 Å². The Morgan fingerprint density at radius 1 is 1.12 bits per heavy atom. The van der Waals surface area contributed by atoms with Crippen LogP contribution in [0.15, 0.2) is 59.6 Å². The third-order valence-corrected chi connectivity index (χ3v) is 5.13. The number of nitrogens with zero attached hydrogens (tertiary/aromatic N) is 2. The molecule has 0 aliphatic carbocycles. The van der Waals surface area contributed by atoms with Gasteiger partial charge in [-0.15, -0.1) is 0 Å². The van der Waals surface area contributed by atoms with Crippen molar-refractivity contribution >= 4 is 23.7 Å². The maximum absolute atomic E-state index is 13.0. The van der Waals surface area contributed by atoms with Gasteiger partial charge >= 0.3 is 5.69 Å². The van der Waals surface area contributed by atoms with Crippen LogP contribution in [0.1, 0.15) is 36.2 Å². The lowest BCUT2D eigenvalue weighted by Gasteiger charge is -2.03. The van der Waals surface area contributed by atoms with E-state index < -0.39 is 16.7 Å². The standard InChI is InChI=1S/C24H24N4O6/c1-34-18-13-11-17(12-14-18)21-23(28(32)33)20(16-8-4-2-5-9-16)22(26-21)24(30)25-15-7-3-6-10-19(29)27-31/h2,4-5,8-9,11-15,26,31H,3,6-7,10H2,1H3,(H,27,29). The molecule has 3 aromatic rings. The van der Waals surface area contributed by atoms with Crippen LogP contribution in [0.25, 0.3) is 22.4 Å². The zero-order chi connectivity index (χ0) is 24.5. The van der Waals surface area contributed by atoms with Crippen LogP contribution in [0, 0.1) is 10.1 Å². The number of aromatic nitrogens is 1. The number of nitrogens with one attached hydrogen (secondary N) is 2. The molecule has 1 heterocycles. The largest absolute Gasteiger partial charge is 0.497 e. The van der Waals surface area contributed by atoms with Crippen molar-refractivity contribution in [2.75, 3.05) is 7.11 Å². The number of ether oxygens (including phenoxy) is 1. The van der Waals surface area contributed by atoms with Gasteiger partial charge in [-0.2, -0.15) is 0 Å². The molecule has 34 heavy (non-hydrogen) atoms. The summed E-state index contributed by atoms with van der Waals surface area (Å²) < 4.78 is 5.16. The van der Waals surface area contributed by atoms with Crippen LogP contribution in [-0.4, -0.2) is 40.3 Å². The van der Waals surface area contributed by atoms with E-state index in [1.807, 2.05) is 0 Å². The van der Waals surface area contributed by atoms with Crippen LogP contribution in [0.3, 0.4) is 0 Å². The molecule has 2 aromatic carbocycles. The van der Waals surface area contributed by atoms with Gasteiger partial charge in [-0.05, 0) is 49.1 Å². The van der Waals surface area contributed by atoms with Gasteiger partial charge in [0, 0.05) is 18.2 Å². The van der Waals surface area contributed by atoms with Gasteiger partial charge in [-0.1, -0.05) is 30.3 Å². The predicted molar refractivity (Wildman–Crippen MR) is 126 cm³/mol. The molecule has 3 N–H and O–H groups in total. The Morgan fingerprint density at radius 2 is 1.82 bits per heavy atom. The number of nitro groups is 1. The van der Waals surface area contributed by atoms with Gasteiger partial charge in [0.1, 0.15) is 17.1 Å². The first-order valence-corrected chi connectivity index (χ1v) is 10.6. The molecule has 0 aliphatic rings. The minimum atomic E-state index is -0.644. The second-order valence-corrected chi connectivity index (χ2v) is 7.35. The minimum Gasteiger partial charge on any atom is -0.497 e. The maximum atomic E-state index is 13.0. The molecule has 176 valence electrons. The van der Waals surface area contributed by atoms with E-state index in [1.165, 1.54) is 13.3 Å². The van der Waals surface area contributed by atoms with Gasteiger partial charge in [0.2, 0.25) is 5.91 Å². The topological polar surface area (TPSA) is 147 Å². The number of benzene rings is 2. The third kappa shape index (κ3) is 5.73. The van der Waals surface area contributed by atoms with E-state index in [-0.39, 0.29) is 29.1 Å². The second kappa shape index (κ2) is 11.5. The Kier molecular flexibility index (Phi) is 8.25. The van der Waals surface area contributed by atoms with Crippen molar-refractivity contribution < 1.29 is 24.5 Å². The van der Waals surface area contributed by atoms with Crippen molar-refractivity contribution in [1.82, 2.24) is 10.5 Å². The molecule has 0 spiro atoms. The summed E-state index contributed by atoms with van der Waals surface area (Å²) in [6.07, 6.45) is 3.10. The van der Waals surface area contributed by atoms with E-state index >= 15 is 0 Å². The number of carbonyl (C=O) groups is 2. The first-order valence-electron chi connectivity index (χ1n) is 10.6. The molecule has 0 saturated carbocycles.